The predicted octanol–water partition coefficient (Wildman–Crippen LogP) is 2.56. The van der Waals surface area contributed by atoms with Crippen LogP contribution in [0.2, 0.25) is 0 Å². The van der Waals surface area contributed by atoms with Crippen LogP contribution in [0.1, 0.15) is 12.5 Å². The van der Waals surface area contributed by atoms with E-state index < -0.39 is 11.8 Å². The summed E-state index contributed by atoms with van der Waals surface area (Å²) in [6, 6.07) is 4.66. The number of carboxylic acids is 1. The van der Waals surface area contributed by atoms with Crippen molar-refractivity contribution in [3.63, 3.8) is 0 Å². The summed E-state index contributed by atoms with van der Waals surface area (Å²) >= 11 is 1.53. The van der Waals surface area contributed by atoms with E-state index in [1.165, 1.54) is 23.9 Å². The zero-order valence-electron chi connectivity index (χ0n) is 7.79. The lowest BCUT2D eigenvalue weighted by atomic mass is 10.1. The third kappa shape index (κ3) is 3.03. The zero-order chi connectivity index (χ0) is 10.6. The fraction of sp³-hybridized carbons (Fsp3) is 0.300. The number of rotatable bonds is 4. The van der Waals surface area contributed by atoms with Crippen molar-refractivity contribution in [3.05, 3.63) is 29.6 Å². The van der Waals surface area contributed by atoms with Gasteiger partial charge in [-0.25, -0.2) is 4.39 Å². The van der Waals surface area contributed by atoms with Crippen LogP contribution in [0.4, 0.5) is 4.39 Å². The van der Waals surface area contributed by atoms with Gasteiger partial charge in [-0.15, -0.1) is 11.8 Å². The number of thioether (sulfide) groups is 1. The van der Waals surface area contributed by atoms with E-state index in [1.807, 2.05) is 6.92 Å². The van der Waals surface area contributed by atoms with Gasteiger partial charge in [-0.05, 0) is 23.4 Å². The second-order valence-corrected chi connectivity index (χ2v) is 4.09. The lowest BCUT2D eigenvalue weighted by Gasteiger charge is -2.02. The summed E-state index contributed by atoms with van der Waals surface area (Å²) < 4.78 is 13.3. The Balaban J connectivity index is 2.84. The van der Waals surface area contributed by atoms with Crippen LogP contribution in [0.3, 0.4) is 0 Å². The molecule has 14 heavy (non-hydrogen) atoms. The molecule has 1 rings (SSSR count). The van der Waals surface area contributed by atoms with Crippen molar-refractivity contribution < 1.29 is 14.3 Å². The van der Waals surface area contributed by atoms with E-state index in [9.17, 15) is 9.18 Å². The van der Waals surface area contributed by atoms with Crippen molar-refractivity contribution in [2.45, 2.75) is 18.2 Å². The van der Waals surface area contributed by atoms with Gasteiger partial charge < -0.3 is 5.11 Å². The molecule has 0 spiro atoms. The average Bonchev–Trinajstić information content (AvgIpc) is 2.10. The number of halogens is 1. The molecule has 0 atom stereocenters. The standard InChI is InChI=1S/C10H11FO2S/c1-2-14-8-4-3-7(5-10(12)13)9(11)6-8/h3-4,6H,2,5H2,1H3,(H,12,13). The first-order valence-corrected chi connectivity index (χ1v) is 5.25. The average molecular weight is 214 g/mol. The highest BCUT2D eigenvalue weighted by Gasteiger charge is 2.07. The molecular formula is C10H11FO2S. The van der Waals surface area contributed by atoms with Crippen LogP contribution in [0.15, 0.2) is 23.1 Å². The molecule has 0 aliphatic heterocycles. The van der Waals surface area contributed by atoms with E-state index in [0.29, 0.717) is 0 Å². The SMILES string of the molecule is CCSc1ccc(CC(=O)O)c(F)c1. The van der Waals surface area contributed by atoms with Crippen LogP contribution in [-0.2, 0) is 11.2 Å². The van der Waals surface area contributed by atoms with Gasteiger partial charge in [0, 0.05) is 4.90 Å². The third-order valence-electron chi connectivity index (χ3n) is 1.68. The Morgan fingerprint density at radius 2 is 2.29 bits per heavy atom. The number of hydrogen-bond donors (Lipinski definition) is 1. The minimum absolute atomic E-state index is 0.234. The van der Waals surface area contributed by atoms with E-state index in [-0.39, 0.29) is 12.0 Å². The molecule has 0 radical (unpaired) electrons. The summed E-state index contributed by atoms with van der Waals surface area (Å²) in [6.07, 6.45) is -0.261. The van der Waals surface area contributed by atoms with Gasteiger partial charge in [0.15, 0.2) is 0 Å². The fourth-order valence-corrected chi connectivity index (χ4v) is 1.78. The molecule has 0 heterocycles. The van der Waals surface area contributed by atoms with E-state index in [1.54, 1.807) is 6.07 Å². The van der Waals surface area contributed by atoms with Crippen molar-refractivity contribution >= 4 is 17.7 Å². The molecule has 1 aromatic rings. The highest BCUT2D eigenvalue weighted by molar-refractivity contribution is 7.99. The van der Waals surface area contributed by atoms with Crippen LogP contribution < -0.4 is 0 Å². The third-order valence-corrected chi connectivity index (χ3v) is 2.55. The van der Waals surface area contributed by atoms with Crippen LogP contribution in [0.25, 0.3) is 0 Å². The van der Waals surface area contributed by atoms with Gasteiger partial charge in [0.25, 0.3) is 0 Å². The van der Waals surface area contributed by atoms with Crippen LogP contribution in [0.5, 0.6) is 0 Å². The maximum atomic E-state index is 13.3. The molecule has 0 aliphatic carbocycles. The van der Waals surface area contributed by atoms with Gasteiger partial charge in [-0.3, -0.25) is 4.79 Å². The maximum Gasteiger partial charge on any atom is 0.307 e. The van der Waals surface area contributed by atoms with Gasteiger partial charge >= 0.3 is 5.97 Å². The highest BCUT2D eigenvalue weighted by Crippen LogP contribution is 2.20. The lowest BCUT2D eigenvalue weighted by molar-refractivity contribution is -0.136. The molecule has 0 saturated carbocycles. The van der Waals surface area contributed by atoms with E-state index in [4.69, 9.17) is 5.11 Å². The number of carbonyl (C=O) groups is 1. The molecule has 76 valence electrons. The topological polar surface area (TPSA) is 37.3 Å². The van der Waals surface area contributed by atoms with Crippen LogP contribution in [0, 0.1) is 5.82 Å². The largest absolute Gasteiger partial charge is 0.481 e. The Kier molecular flexibility index (Phi) is 3.95. The van der Waals surface area contributed by atoms with Crippen molar-refractivity contribution in [2.75, 3.05) is 5.75 Å². The number of hydrogen-bond acceptors (Lipinski definition) is 2. The Hall–Kier alpha value is -1.03. The van der Waals surface area contributed by atoms with Crippen molar-refractivity contribution in [1.82, 2.24) is 0 Å². The van der Waals surface area contributed by atoms with Crippen molar-refractivity contribution in [1.29, 1.82) is 0 Å². The molecule has 0 fully saturated rings. The molecular weight excluding hydrogens is 203 g/mol. The second-order valence-electron chi connectivity index (χ2n) is 2.76. The summed E-state index contributed by atoms with van der Waals surface area (Å²) in [5.74, 6) is -0.580. The monoisotopic (exact) mass is 214 g/mol. The van der Waals surface area contributed by atoms with E-state index in [2.05, 4.69) is 0 Å². The van der Waals surface area contributed by atoms with Crippen molar-refractivity contribution in [2.24, 2.45) is 0 Å². The van der Waals surface area contributed by atoms with Gasteiger partial charge in [-0.2, -0.15) is 0 Å². The van der Waals surface area contributed by atoms with Crippen molar-refractivity contribution in [3.8, 4) is 0 Å². The summed E-state index contributed by atoms with van der Waals surface area (Å²) in [7, 11) is 0. The molecule has 1 N–H and O–H groups in total. The minimum Gasteiger partial charge on any atom is -0.481 e. The Morgan fingerprint density at radius 1 is 1.57 bits per heavy atom. The molecule has 0 saturated heterocycles. The van der Waals surface area contributed by atoms with E-state index >= 15 is 0 Å². The highest BCUT2D eigenvalue weighted by atomic mass is 32.2. The molecule has 4 heteroatoms. The molecule has 0 unspecified atom stereocenters. The number of benzene rings is 1. The molecule has 0 aliphatic rings. The molecule has 2 nitrogen and oxygen atoms in total. The molecule has 0 aromatic heterocycles. The van der Waals surface area contributed by atoms with E-state index in [0.717, 1.165) is 10.6 Å². The molecule has 1 aromatic carbocycles. The fourth-order valence-electron chi connectivity index (χ4n) is 1.09. The first-order valence-electron chi connectivity index (χ1n) is 4.26. The Bertz CT molecular complexity index is 339. The summed E-state index contributed by atoms with van der Waals surface area (Å²) in [5.41, 5.74) is 0.234. The smallest absolute Gasteiger partial charge is 0.307 e. The normalized spacial score (nSPS) is 10.1. The minimum atomic E-state index is -1.01. The first-order chi connectivity index (χ1) is 6.63. The summed E-state index contributed by atoms with van der Waals surface area (Å²) in [6.45, 7) is 1.98. The first kappa shape index (κ1) is 11.0. The predicted molar refractivity (Wildman–Crippen MR) is 54.1 cm³/mol. The maximum absolute atomic E-state index is 13.3. The molecule has 0 bridgehead atoms. The number of aliphatic carboxylic acids is 1. The molecule has 0 amide bonds. The van der Waals surface area contributed by atoms with Crippen LogP contribution in [-0.4, -0.2) is 16.8 Å². The lowest BCUT2D eigenvalue weighted by Crippen LogP contribution is -2.02. The second kappa shape index (κ2) is 5.00. The summed E-state index contributed by atoms with van der Waals surface area (Å²) in [5, 5.41) is 8.49. The van der Waals surface area contributed by atoms with Gasteiger partial charge in [-0.1, -0.05) is 13.0 Å². The van der Waals surface area contributed by atoms with Crippen LogP contribution >= 0.6 is 11.8 Å². The Morgan fingerprint density at radius 3 is 2.79 bits per heavy atom. The Labute approximate surface area is 86.1 Å². The van der Waals surface area contributed by atoms with Gasteiger partial charge in [0.2, 0.25) is 0 Å². The number of carboxylic acid groups (broad SMARTS) is 1. The van der Waals surface area contributed by atoms with Gasteiger partial charge in [0.05, 0.1) is 6.42 Å². The quantitative estimate of drug-likeness (QED) is 0.783. The summed E-state index contributed by atoms with van der Waals surface area (Å²) in [4.78, 5) is 11.2. The van der Waals surface area contributed by atoms with Gasteiger partial charge in [0.1, 0.15) is 5.82 Å². The zero-order valence-corrected chi connectivity index (χ0v) is 8.60.